The second-order valence-electron chi connectivity index (χ2n) is 5.69. The van der Waals surface area contributed by atoms with Crippen molar-refractivity contribution in [3.8, 4) is 5.69 Å². The van der Waals surface area contributed by atoms with Crippen molar-refractivity contribution in [2.75, 3.05) is 0 Å². The Morgan fingerprint density at radius 1 is 1.29 bits per heavy atom. The molecule has 10 heteroatoms. The molecule has 2 aromatic heterocycles. The summed E-state index contributed by atoms with van der Waals surface area (Å²) in [6.45, 7) is 1.63. The van der Waals surface area contributed by atoms with Gasteiger partial charge >= 0.3 is 6.18 Å². The lowest BCUT2D eigenvalue weighted by Crippen LogP contribution is -2.17. The maximum Gasteiger partial charge on any atom is 0.416 e. The van der Waals surface area contributed by atoms with Crippen LogP contribution in [0, 0.1) is 6.92 Å². The quantitative estimate of drug-likeness (QED) is 0.524. The second-order valence-corrected chi connectivity index (χ2v) is 6.05. The zero-order valence-electron chi connectivity index (χ0n) is 14.4. The normalized spacial score (nSPS) is 11.8. The maximum atomic E-state index is 12.9. The summed E-state index contributed by atoms with van der Waals surface area (Å²) in [6.07, 6.45) is -0.283. The highest BCUT2D eigenvalue weighted by molar-refractivity contribution is 6.32. The predicted octanol–water partition coefficient (Wildman–Crippen LogP) is 4.01. The smallest absolute Gasteiger partial charge is 0.267 e. The van der Waals surface area contributed by atoms with Crippen molar-refractivity contribution in [1.29, 1.82) is 0 Å². The topological polar surface area (TPSA) is 72.2 Å². The fourth-order valence-corrected chi connectivity index (χ4v) is 2.68. The van der Waals surface area contributed by atoms with Crippen LogP contribution in [0.25, 0.3) is 5.69 Å². The minimum Gasteiger partial charge on any atom is -0.267 e. The summed E-state index contributed by atoms with van der Waals surface area (Å²) in [5.74, 6) is -0.469. The first-order valence-electron chi connectivity index (χ1n) is 7.93. The van der Waals surface area contributed by atoms with E-state index in [9.17, 15) is 18.0 Å². The summed E-state index contributed by atoms with van der Waals surface area (Å²) in [4.78, 5) is 15.8. The summed E-state index contributed by atoms with van der Waals surface area (Å²) in [5.41, 5.74) is 2.79. The molecule has 0 radical (unpaired) electrons. The Labute approximate surface area is 162 Å². The molecular weight excluding hydrogens is 395 g/mol. The van der Waals surface area contributed by atoms with Gasteiger partial charge in [-0.1, -0.05) is 17.7 Å². The molecule has 3 rings (SSSR count). The van der Waals surface area contributed by atoms with E-state index in [4.69, 9.17) is 11.6 Å². The van der Waals surface area contributed by atoms with Crippen molar-refractivity contribution >= 4 is 23.7 Å². The zero-order valence-corrected chi connectivity index (χ0v) is 15.2. The van der Waals surface area contributed by atoms with E-state index in [-0.39, 0.29) is 10.8 Å². The zero-order chi connectivity index (χ0) is 20.3. The molecule has 28 heavy (non-hydrogen) atoms. The lowest BCUT2D eigenvalue weighted by atomic mass is 10.2. The van der Waals surface area contributed by atoms with Gasteiger partial charge in [0.25, 0.3) is 5.91 Å². The molecule has 0 aliphatic rings. The van der Waals surface area contributed by atoms with E-state index < -0.39 is 17.6 Å². The van der Waals surface area contributed by atoms with E-state index in [2.05, 4.69) is 20.6 Å². The number of pyridine rings is 1. The van der Waals surface area contributed by atoms with Crippen LogP contribution in [0.15, 0.2) is 53.9 Å². The predicted molar refractivity (Wildman–Crippen MR) is 97.6 cm³/mol. The molecule has 0 aliphatic heterocycles. The van der Waals surface area contributed by atoms with Crippen LogP contribution in [0.3, 0.4) is 0 Å². The Balaban J connectivity index is 1.84. The van der Waals surface area contributed by atoms with E-state index in [0.717, 1.165) is 12.1 Å². The average molecular weight is 408 g/mol. The number of aromatic nitrogens is 3. The minimum absolute atomic E-state index is 0.0659. The van der Waals surface area contributed by atoms with Crippen molar-refractivity contribution in [3.63, 3.8) is 0 Å². The highest BCUT2D eigenvalue weighted by atomic mass is 35.5. The van der Waals surface area contributed by atoms with Crippen molar-refractivity contribution in [3.05, 3.63) is 76.3 Å². The number of rotatable bonds is 4. The van der Waals surface area contributed by atoms with Crippen molar-refractivity contribution < 1.29 is 18.0 Å². The Kier molecular flexibility index (Phi) is 5.46. The number of hydrogen-bond acceptors (Lipinski definition) is 4. The number of carbonyl (C=O) groups is 1. The lowest BCUT2D eigenvalue weighted by molar-refractivity contribution is -0.137. The molecule has 3 aromatic rings. The molecular formula is C18H13ClF3N5O. The number of benzene rings is 1. The standard InChI is InChI=1S/C18H13ClF3N5O/c1-11-15(10-24-25-17(28)12-4-3-7-23-9-12)16(19)27(26-11)14-6-2-5-13(8-14)18(20,21)22/h2-10H,1H3,(H,25,28)/b24-10+. The number of nitrogens with one attached hydrogen (secondary N) is 1. The Morgan fingerprint density at radius 3 is 2.75 bits per heavy atom. The summed E-state index contributed by atoms with van der Waals surface area (Å²) in [5, 5.41) is 8.06. The summed E-state index contributed by atoms with van der Waals surface area (Å²) < 4.78 is 39.9. The highest BCUT2D eigenvalue weighted by Crippen LogP contribution is 2.31. The van der Waals surface area contributed by atoms with Crippen LogP contribution in [0.5, 0.6) is 0 Å². The number of amides is 1. The molecule has 0 saturated carbocycles. The Hall–Kier alpha value is -3.20. The van der Waals surface area contributed by atoms with E-state index in [1.54, 1.807) is 19.1 Å². The van der Waals surface area contributed by atoms with Gasteiger partial charge in [0.05, 0.1) is 34.3 Å². The third kappa shape index (κ3) is 4.20. The molecule has 0 fully saturated rings. The molecule has 0 spiro atoms. The van der Waals surface area contributed by atoms with Gasteiger partial charge < -0.3 is 0 Å². The van der Waals surface area contributed by atoms with E-state index in [1.165, 1.54) is 35.4 Å². The lowest BCUT2D eigenvalue weighted by Gasteiger charge is -2.09. The average Bonchev–Trinajstić information content (AvgIpc) is 2.96. The number of carbonyl (C=O) groups excluding carboxylic acids is 1. The van der Waals surface area contributed by atoms with Crippen molar-refractivity contribution in [1.82, 2.24) is 20.2 Å². The van der Waals surface area contributed by atoms with Gasteiger partial charge in [-0.15, -0.1) is 0 Å². The van der Waals surface area contributed by atoms with Crippen LogP contribution < -0.4 is 5.43 Å². The van der Waals surface area contributed by atoms with Gasteiger partial charge in [-0.05, 0) is 37.3 Å². The van der Waals surface area contributed by atoms with Gasteiger partial charge in [0.15, 0.2) is 0 Å². The van der Waals surface area contributed by atoms with Crippen LogP contribution in [0.1, 0.15) is 27.2 Å². The van der Waals surface area contributed by atoms with Crippen LogP contribution in [0.4, 0.5) is 13.2 Å². The number of halogens is 4. The summed E-state index contributed by atoms with van der Waals surface area (Å²) in [7, 11) is 0. The van der Waals surface area contributed by atoms with Gasteiger partial charge in [0.1, 0.15) is 5.15 Å². The van der Waals surface area contributed by atoms with Gasteiger partial charge in [-0.25, -0.2) is 10.1 Å². The van der Waals surface area contributed by atoms with Crippen LogP contribution in [-0.2, 0) is 6.18 Å². The maximum absolute atomic E-state index is 12.9. The van der Waals surface area contributed by atoms with Gasteiger partial charge in [0.2, 0.25) is 0 Å². The molecule has 6 nitrogen and oxygen atoms in total. The van der Waals surface area contributed by atoms with Gasteiger partial charge in [-0.2, -0.15) is 23.4 Å². The van der Waals surface area contributed by atoms with E-state index >= 15 is 0 Å². The number of alkyl halides is 3. The first-order chi connectivity index (χ1) is 13.3. The number of hydrazone groups is 1. The molecule has 144 valence electrons. The monoisotopic (exact) mass is 407 g/mol. The van der Waals surface area contributed by atoms with E-state index in [0.29, 0.717) is 16.8 Å². The highest BCUT2D eigenvalue weighted by Gasteiger charge is 2.30. The summed E-state index contributed by atoms with van der Waals surface area (Å²) >= 11 is 6.27. The first kappa shape index (κ1) is 19.6. The van der Waals surface area contributed by atoms with Crippen LogP contribution in [-0.4, -0.2) is 26.9 Å². The van der Waals surface area contributed by atoms with Crippen LogP contribution in [0.2, 0.25) is 5.15 Å². The van der Waals surface area contributed by atoms with Gasteiger partial charge in [-0.3, -0.25) is 9.78 Å². The molecule has 0 unspecified atom stereocenters. The van der Waals surface area contributed by atoms with Crippen molar-refractivity contribution in [2.45, 2.75) is 13.1 Å². The summed E-state index contributed by atoms with van der Waals surface area (Å²) in [6, 6.07) is 7.82. The molecule has 0 bridgehead atoms. The second kappa shape index (κ2) is 7.81. The van der Waals surface area contributed by atoms with E-state index in [1.807, 2.05) is 0 Å². The Morgan fingerprint density at radius 2 is 2.07 bits per heavy atom. The molecule has 0 atom stereocenters. The fourth-order valence-electron chi connectivity index (χ4n) is 2.36. The molecule has 1 aromatic carbocycles. The molecule has 2 heterocycles. The molecule has 0 aliphatic carbocycles. The first-order valence-corrected chi connectivity index (χ1v) is 8.31. The molecule has 0 saturated heterocycles. The van der Waals surface area contributed by atoms with Crippen molar-refractivity contribution in [2.24, 2.45) is 5.10 Å². The number of aryl methyl sites for hydroxylation is 1. The molecule has 1 amide bonds. The fraction of sp³-hybridized carbons (Fsp3) is 0.111. The third-order valence-corrected chi connectivity index (χ3v) is 4.11. The minimum atomic E-state index is -4.48. The largest absolute Gasteiger partial charge is 0.416 e. The molecule has 1 N–H and O–H groups in total. The van der Waals surface area contributed by atoms with Gasteiger partial charge in [0, 0.05) is 12.4 Å². The Bertz CT molecular complexity index is 1030. The number of hydrogen-bond donors (Lipinski definition) is 1. The third-order valence-electron chi connectivity index (χ3n) is 3.75. The SMILES string of the molecule is Cc1nn(-c2cccc(C(F)(F)F)c2)c(Cl)c1/C=N/NC(=O)c1cccnc1. The number of nitrogens with zero attached hydrogens (tertiary/aromatic N) is 4. The van der Waals surface area contributed by atoms with Crippen LogP contribution >= 0.6 is 11.6 Å².